The first kappa shape index (κ1) is 15.3. The van der Waals surface area contributed by atoms with Crippen LogP contribution in [0.4, 0.5) is 5.69 Å². The fourth-order valence-corrected chi connectivity index (χ4v) is 3.75. The molecule has 3 heterocycles. The van der Waals surface area contributed by atoms with Crippen LogP contribution in [0.1, 0.15) is 30.2 Å². The van der Waals surface area contributed by atoms with Crippen LogP contribution >= 0.6 is 0 Å². The number of aromatic nitrogens is 2. The van der Waals surface area contributed by atoms with Crippen LogP contribution in [0, 0.1) is 0 Å². The summed E-state index contributed by atoms with van der Waals surface area (Å²) in [4.78, 5) is 25.8. The molecule has 0 unspecified atom stereocenters. The Bertz CT molecular complexity index is 761. The molecule has 0 fully saturated rings. The van der Waals surface area contributed by atoms with Gasteiger partial charge in [0.25, 0.3) is 0 Å². The Labute approximate surface area is 142 Å². The van der Waals surface area contributed by atoms with E-state index in [1.165, 1.54) is 11.1 Å². The molecule has 4 rings (SSSR count). The number of hydrogen-bond acceptors (Lipinski definition) is 4. The van der Waals surface area contributed by atoms with Crippen LogP contribution < -0.4 is 4.90 Å². The van der Waals surface area contributed by atoms with Gasteiger partial charge in [0.2, 0.25) is 5.91 Å². The normalized spacial score (nSPS) is 18.6. The topological polar surface area (TPSA) is 49.3 Å². The molecule has 2 aliphatic heterocycles. The first-order chi connectivity index (χ1) is 11.7. The van der Waals surface area contributed by atoms with E-state index in [4.69, 9.17) is 0 Å². The van der Waals surface area contributed by atoms with Crippen molar-refractivity contribution in [2.75, 3.05) is 18.0 Å². The average Bonchev–Trinajstić information content (AvgIpc) is 2.66. The summed E-state index contributed by atoms with van der Waals surface area (Å²) < 4.78 is 0. The molecule has 0 bridgehead atoms. The van der Waals surface area contributed by atoms with E-state index in [1.807, 2.05) is 24.1 Å². The third kappa shape index (κ3) is 2.69. The molecule has 2 aliphatic rings. The summed E-state index contributed by atoms with van der Waals surface area (Å²) in [5.74, 6) is 0.194. The van der Waals surface area contributed by atoms with Crippen LogP contribution in [0.3, 0.4) is 0 Å². The third-order valence-electron chi connectivity index (χ3n) is 5.18. The Morgan fingerprint density at radius 3 is 2.96 bits per heavy atom. The summed E-state index contributed by atoms with van der Waals surface area (Å²) >= 11 is 0. The summed E-state index contributed by atoms with van der Waals surface area (Å²) in [5, 5.41) is 0. The van der Waals surface area contributed by atoms with E-state index in [9.17, 15) is 4.79 Å². The lowest BCUT2D eigenvalue weighted by Crippen LogP contribution is -2.50. The minimum absolute atomic E-state index is 0.140. The maximum absolute atomic E-state index is 13.1. The van der Waals surface area contributed by atoms with Gasteiger partial charge in [0.15, 0.2) is 0 Å². The number of fused-ring (bicyclic) bond motifs is 2. The minimum atomic E-state index is -0.140. The molecule has 0 saturated carbocycles. The lowest BCUT2D eigenvalue weighted by Gasteiger charge is -2.37. The number of hydrogen-bond donors (Lipinski definition) is 0. The van der Waals surface area contributed by atoms with E-state index in [2.05, 4.69) is 33.1 Å². The Morgan fingerprint density at radius 2 is 2.04 bits per heavy atom. The second-order valence-electron chi connectivity index (χ2n) is 6.61. The summed E-state index contributed by atoms with van der Waals surface area (Å²) in [6.07, 6.45) is 6.49. The number of benzene rings is 1. The summed E-state index contributed by atoms with van der Waals surface area (Å²) in [6, 6.07) is 8.13. The predicted octanol–water partition coefficient (Wildman–Crippen LogP) is 2.20. The number of para-hydroxylation sites is 1. The number of anilines is 1. The van der Waals surface area contributed by atoms with Crippen molar-refractivity contribution in [1.82, 2.24) is 14.9 Å². The molecule has 24 heavy (non-hydrogen) atoms. The molecular formula is C19H22N4O. The van der Waals surface area contributed by atoms with Crippen molar-refractivity contribution in [1.29, 1.82) is 0 Å². The fraction of sp³-hybridized carbons (Fsp3) is 0.421. The van der Waals surface area contributed by atoms with Crippen molar-refractivity contribution in [2.45, 2.75) is 38.8 Å². The number of carbonyl (C=O) groups excluding carboxylic acids is 1. The van der Waals surface area contributed by atoms with Gasteiger partial charge < -0.3 is 4.90 Å². The lowest BCUT2D eigenvalue weighted by molar-refractivity contribution is -0.123. The molecule has 1 aromatic heterocycles. The number of nitrogens with zero attached hydrogens (tertiary/aromatic N) is 4. The third-order valence-corrected chi connectivity index (χ3v) is 5.18. The van der Waals surface area contributed by atoms with Crippen LogP contribution in [0.25, 0.3) is 0 Å². The largest absolute Gasteiger partial charge is 0.311 e. The molecule has 0 saturated heterocycles. The molecule has 5 heteroatoms. The van der Waals surface area contributed by atoms with Gasteiger partial charge in [0.05, 0.1) is 11.7 Å². The first-order valence-electron chi connectivity index (χ1n) is 8.65. The zero-order valence-electron chi connectivity index (χ0n) is 14.0. The van der Waals surface area contributed by atoms with E-state index in [-0.39, 0.29) is 11.9 Å². The van der Waals surface area contributed by atoms with E-state index < -0.39 is 0 Å². The second-order valence-corrected chi connectivity index (χ2v) is 6.61. The Morgan fingerprint density at radius 1 is 1.17 bits per heavy atom. The molecule has 2 aromatic rings. The molecule has 124 valence electrons. The first-order valence-corrected chi connectivity index (χ1v) is 8.65. The molecular weight excluding hydrogens is 300 g/mol. The molecule has 0 radical (unpaired) electrons. The van der Waals surface area contributed by atoms with Crippen LogP contribution in [-0.2, 0) is 24.2 Å². The zero-order valence-corrected chi connectivity index (χ0v) is 14.0. The van der Waals surface area contributed by atoms with Gasteiger partial charge in [0, 0.05) is 31.5 Å². The zero-order chi connectivity index (χ0) is 16.5. The summed E-state index contributed by atoms with van der Waals surface area (Å²) in [5.41, 5.74) is 4.62. The van der Waals surface area contributed by atoms with E-state index in [1.54, 1.807) is 6.33 Å². The molecule has 1 aromatic carbocycles. The molecule has 0 N–H and O–H groups in total. The van der Waals surface area contributed by atoms with Crippen LogP contribution in [0.5, 0.6) is 0 Å². The quantitative estimate of drug-likeness (QED) is 0.850. The van der Waals surface area contributed by atoms with Crippen molar-refractivity contribution >= 4 is 11.6 Å². The highest BCUT2D eigenvalue weighted by Gasteiger charge is 2.31. The van der Waals surface area contributed by atoms with Gasteiger partial charge in [-0.15, -0.1) is 0 Å². The van der Waals surface area contributed by atoms with E-state index >= 15 is 0 Å². The van der Waals surface area contributed by atoms with Crippen molar-refractivity contribution < 1.29 is 4.79 Å². The van der Waals surface area contributed by atoms with Gasteiger partial charge in [-0.3, -0.25) is 9.69 Å². The Hall–Kier alpha value is -2.27. The number of carbonyl (C=O) groups is 1. The van der Waals surface area contributed by atoms with Crippen molar-refractivity contribution in [2.24, 2.45) is 0 Å². The van der Waals surface area contributed by atoms with Crippen LogP contribution in [-0.4, -0.2) is 39.9 Å². The molecule has 1 amide bonds. The highest BCUT2D eigenvalue weighted by molar-refractivity contribution is 5.98. The summed E-state index contributed by atoms with van der Waals surface area (Å²) in [6.45, 7) is 4.43. The van der Waals surface area contributed by atoms with Crippen LogP contribution in [0.2, 0.25) is 0 Å². The lowest BCUT2D eigenvalue weighted by atomic mass is 10.00. The average molecular weight is 322 g/mol. The maximum atomic E-state index is 13.1. The van der Waals surface area contributed by atoms with Crippen molar-refractivity contribution in [3.8, 4) is 0 Å². The van der Waals surface area contributed by atoms with Crippen LogP contribution in [0.15, 0.2) is 36.8 Å². The molecule has 0 spiro atoms. The van der Waals surface area contributed by atoms with Gasteiger partial charge in [-0.1, -0.05) is 18.2 Å². The second kappa shape index (κ2) is 6.32. The van der Waals surface area contributed by atoms with E-state index in [0.29, 0.717) is 0 Å². The highest BCUT2D eigenvalue weighted by atomic mass is 16.2. The van der Waals surface area contributed by atoms with Gasteiger partial charge in [-0.25, -0.2) is 9.97 Å². The van der Waals surface area contributed by atoms with Gasteiger partial charge in [-0.05, 0) is 43.4 Å². The predicted molar refractivity (Wildman–Crippen MR) is 92.7 cm³/mol. The van der Waals surface area contributed by atoms with E-state index in [0.717, 1.165) is 50.3 Å². The molecule has 0 aliphatic carbocycles. The Kier molecular flexibility index (Phi) is 4.02. The minimum Gasteiger partial charge on any atom is -0.311 e. The SMILES string of the molecule is C[C@@H](C(=O)N1CCCc2ccccc21)N1CCc2cncnc2C1. The van der Waals surface area contributed by atoms with Gasteiger partial charge >= 0.3 is 0 Å². The smallest absolute Gasteiger partial charge is 0.244 e. The Balaban J connectivity index is 1.54. The number of rotatable bonds is 2. The van der Waals surface area contributed by atoms with Crippen molar-refractivity contribution in [3.63, 3.8) is 0 Å². The number of aryl methyl sites for hydroxylation is 1. The standard InChI is InChI=1S/C19H22N4O/c1-14(22-10-8-16-11-20-13-21-17(16)12-22)19(24)23-9-4-6-15-5-2-3-7-18(15)23/h2-3,5,7,11,13-14H,4,6,8-10,12H2,1H3/t14-/m0/s1. The van der Waals surface area contributed by atoms with Gasteiger partial charge in [0.1, 0.15) is 6.33 Å². The monoisotopic (exact) mass is 322 g/mol. The maximum Gasteiger partial charge on any atom is 0.244 e. The molecule has 1 atom stereocenters. The fourth-order valence-electron chi connectivity index (χ4n) is 3.75. The number of amides is 1. The van der Waals surface area contributed by atoms with Crippen molar-refractivity contribution in [3.05, 3.63) is 53.6 Å². The summed E-state index contributed by atoms with van der Waals surface area (Å²) in [7, 11) is 0. The van der Waals surface area contributed by atoms with Gasteiger partial charge in [-0.2, -0.15) is 0 Å². The molecule has 5 nitrogen and oxygen atoms in total. The highest BCUT2D eigenvalue weighted by Crippen LogP contribution is 2.28.